The van der Waals surface area contributed by atoms with E-state index in [9.17, 15) is 0 Å². The average Bonchev–Trinajstić information content (AvgIpc) is 1.69. The van der Waals surface area contributed by atoms with Crippen molar-refractivity contribution in [1.29, 1.82) is 0 Å². The first kappa shape index (κ1) is 8.54. The molecule has 0 aromatic carbocycles. The Kier molecular flexibility index (Phi) is 9.20. The van der Waals surface area contributed by atoms with E-state index in [0.29, 0.717) is 0 Å². The Morgan fingerprint density at radius 2 is 1.43 bits per heavy atom. The van der Waals surface area contributed by atoms with Gasteiger partial charge in [0.15, 0.2) is 0 Å². The van der Waals surface area contributed by atoms with Crippen LogP contribution in [0.2, 0.25) is 8.94 Å². The van der Waals surface area contributed by atoms with Crippen molar-refractivity contribution in [2.24, 2.45) is 0 Å². The van der Waals surface area contributed by atoms with Crippen LogP contribution in [-0.4, -0.2) is 57.8 Å². The van der Waals surface area contributed by atoms with Gasteiger partial charge in [0.1, 0.15) is 0 Å². The molecule has 0 rings (SSSR count). The van der Waals surface area contributed by atoms with Crippen LogP contribution in [0.1, 0.15) is 0 Å². The number of rotatable bonds is 4. The van der Waals surface area contributed by atoms with Gasteiger partial charge in [0.05, 0.1) is 0 Å². The second-order valence-electron chi connectivity index (χ2n) is 1.06. The molecule has 0 heterocycles. The van der Waals surface area contributed by atoms with Crippen molar-refractivity contribution in [3.05, 3.63) is 0 Å². The summed E-state index contributed by atoms with van der Waals surface area (Å²) in [5.74, 6) is 0. The first-order chi connectivity index (χ1) is 3.41. The van der Waals surface area contributed by atoms with Crippen molar-refractivity contribution < 1.29 is 4.74 Å². The van der Waals surface area contributed by atoms with E-state index in [-0.39, 0.29) is 0 Å². The molecule has 0 aromatic heterocycles. The summed E-state index contributed by atoms with van der Waals surface area (Å²) < 4.78 is 7.55. The summed E-state index contributed by atoms with van der Waals surface area (Å²) in [6.45, 7) is 1.91. The molecule has 0 atom stereocenters. The van der Waals surface area contributed by atoms with E-state index >= 15 is 0 Å². The molecule has 1 nitrogen and oxygen atoms in total. The Balaban J connectivity index is 2.45. The maximum absolute atomic E-state index is 5.16. The van der Waals surface area contributed by atoms with Crippen LogP contribution in [-0.2, 0) is 4.74 Å². The van der Waals surface area contributed by atoms with Gasteiger partial charge in [-0.15, -0.1) is 0 Å². The van der Waals surface area contributed by atoms with E-state index in [1.165, 1.54) is 8.94 Å². The van der Waals surface area contributed by atoms with Crippen molar-refractivity contribution in [3.63, 3.8) is 0 Å². The van der Waals surface area contributed by atoms with Crippen molar-refractivity contribution >= 4 is 44.6 Å². The predicted octanol–water partition coefficient (Wildman–Crippen LogP) is -0.359. The van der Waals surface area contributed by atoms with Gasteiger partial charge in [-0.25, -0.2) is 0 Å². The van der Waals surface area contributed by atoms with Gasteiger partial charge in [0, 0.05) is 0 Å². The Bertz CT molecular complexity index is 28.9. The second kappa shape index (κ2) is 7.54. The van der Waals surface area contributed by atoms with Gasteiger partial charge in [-0.2, -0.15) is 0 Å². The quantitative estimate of drug-likeness (QED) is 0.506. The molecule has 0 saturated carbocycles. The van der Waals surface area contributed by atoms with Gasteiger partial charge < -0.3 is 0 Å². The summed E-state index contributed by atoms with van der Waals surface area (Å²) in [4.78, 5) is 0. The fourth-order valence-electron chi connectivity index (χ4n) is 0.231. The van der Waals surface area contributed by atoms with Crippen LogP contribution in [0.5, 0.6) is 0 Å². The predicted molar refractivity (Wildman–Crippen MR) is 34.7 cm³/mol. The SMILES string of the molecule is [TeH]CCOCC[TeH]. The van der Waals surface area contributed by atoms with Gasteiger partial charge in [-0.3, -0.25) is 0 Å². The maximum atomic E-state index is 5.16. The normalized spacial score (nSPS) is 9.43. The fourth-order valence-corrected chi connectivity index (χ4v) is 0.968. The summed E-state index contributed by atoms with van der Waals surface area (Å²) >= 11 is 3.64. The molecule has 0 N–H and O–H groups in total. The number of hydrogen-bond acceptors (Lipinski definition) is 1. The van der Waals surface area contributed by atoms with Crippen molar-refractivity contribution in [3.8, 4) is 0 Å². The van der Waals surface area contributed by atoms with Crippen molar-refractivity contribution in [2.45, 2.75) is 8.94 Å². The zero-order valence-corrected chi connectivity index (χ0v) is 9.24. The topological polar surface area (TPSA) is 9.23 Å². The van der Waals surface area contributed by atoms with E-state index in [1.807, 2.05) is 44.6 Å². The van der Waals surface area contributed by atoms with Crippen LogP contribution in [0.25, 0.3) is 0 Å². The Labute approximate surface area is 71.0 Å². The molecule has 0 aromatic rings. The van der Waals surface area contributed by atoms with E-state index in [2.05, 4.69) is 0 Å². The zero-order chi connectivity index (χ0) is 5.54. The third-order valence-electron chi connectivity index (χ3n) is 0.471. The Morgan fingerprint density at radius 1 is 1.00 bits per heavy atom. The molecule has 0 spiro atoms. The van der Waals surface area contributed by atoms with Crippen LogP contribution in [0.15, 0.2) is 0 Å². The Morgan fingerprint density at radius 3 is 1.71 bits per heavy atom. The molecule has 0 unspecified atom stereocenters. The summed E-state index contributed by atoms with van der Waals surface area (Å²) in [6.07, 6.45) is 0. The average molecular weight is 329 g/mol. The second-order valence-corrected chi connectivity index (χ2v) is 3.61. The number of hydrogen-bond donors (Lipinski definition) is 0. The van der Waals surface area contributed by atoms with E-state index in [1.54, 1.807) is 0 Å². The van der Waals surface area contributed by atoms with Gasteiger partial charge in [-0.1, -0.05) is 0 Å². The fraction of sp³-hybridized carbons (Fsp3) is 1.00. The Hall–Kier alpha value is 1.54. The van der Waals surface area contributed by atoms with E-state index < -0.39 is 0 Å². The molecule has 0 aliphatic carbocycles. The molecule has 7 heavy (non-hydrogen) atoms. The first-order valence-corrected chi connectivity index (χ1v) is 5.82. The van der Waals surface area contributed by atoms with Crippen LogP contribution in [0.4, 0.5) is 0 Å². The summed E-state index contributed by atoms with van der Waals surface area (Å²) in [5.41, 5.74) is 0. The van der Waals surface area contributed by atoms with Crippen molar-refractivity contribution in [1.82, 2.24) is 0 Å². The van der Waals surface area contributed by atoms with E-state index in [4.69, 9.17) is 4.74 Å². The van der Waals surface area contributed by atoms with Crippen LogP contribution in [0, 0.1) is 0 Å². The van der Waals surface area contributed by atoms with Crippen LogP contribution >= 0.6 is 0 Å². The van der Waals surface area contributed by atoms with Crippen LogP contribution < -0.4 is 0 Å². The molecular formula is C4H10OTe2. The van der Waals surface area contributed by atoms with Crippen molar-refractivity contribution in [2.75, 3.05) is 13.2 Å². The molecule has 0 aliphatic heterocycles. The summed E-state index contributed by atoms with van der Waals surface area (Å²) in [6, 6.07) is 0. The van der Waals surface area contributed by atoms with Crippen LogP contribution in [0.3, 0.4) is 0 Å². The standard InChI is InChI=1S/C4H10OTe2/c6-3-1-5-2-4-7/h6-7H,1-4H2. The monoisotopic (exact) mass is 334 g/mol. The first-order valence-electron chi connectivity index (χ1n) is 2.21. The molecule has 3 heteroatoms. The molecule has 0 fully saturated rings. The minimum absolute atomic E-state index is 0.955. The molecule has 0 bridgehead atoms. The summed E-state index contributed by atoms with van der Waals surface area (Å²) in [7, 11) is 0. The van der Waals surface area contributed by atoms with Gasteiger partial charge >= 0.3 is 71.5 Å². The molecule has 0 radical (unpaired) electrons. The number of ether oxygens (including phenoxy) is 1. The zero-order valence-electron chi connectivity index (χ0n) is 4.13. The minimum atomic E-state index is 0.955. The molecule has 0 saturated heterocycles. The molecule has 0 amide bonds. The third kappa shape index (κ3) is 7.54. The molecular weight excluding hydrogens is 319 g/mol. The van der Waals surface area contributed by atoms with Gasteiger partial charge in [-0.05, 0) is 0 Å². The van der Waals surface area contributed by atoms with Gasteiger partial charge in [0.2, 0.25) is 0 Å². The third-order valence-corrected chi connectivity index (χ3v) is 1.51. The van der Waals surface area contributed by atoms with Gasteiger partial charge in [0.25, 0.3) is 0 Å². The summed E-state index contributed by atoms with van der Waals surface area (Å²) in [5, 5.41) is 0. The van der Waals surface area contributed by atoms with E-state index in [0.717, 1.165) is 13.2 Å². The molecule has 44 valence electrons. The molecule has 0 aliphatic rings.